The molecule has 0 fully saturated rings. The lowest BCUT2D eigenvalue weighted by molar-refractivity contribution is -0.207. The fourth-order valence-corrected chi connectivity index (χ4v) is 4.42. The van der Waals surface area contributed by atoms with Gasteiger partial charge in [0.15, 0.2) is 17.8 Å². The third-order valence-corrected chi connectivity index (χ3v) is 6.44. The first-order valence-corrected chi connectivity index (χ1v) is 12.1. The van der Waals surface area contributed by atoms with Crippen molar-refractivity contribution in [1.82, 2.24) is 23.9 Å². The maximum absolute atomic E-state index is 13.6. The Morgan fingerprint density at radius 2 is 1.57 bits per heavy atom. The summed E-state index contributed by atoms with van der Waals surface area (Å²) in [6, 6.07) is 10.0. The molecule has 0 spiro atoms. The highest BCUT2D eigenvalue weighted by Gasteiger charge is 2.40. The summed E-state index contributed by atoms with van der Waals surface area (Å²) in [6.45, 7) is -0.547. The topological polar surface area (TPSA) is 98.1 Å². The second-order valence-electron chi connectivity index (χ2n) is 8.67. The molecule has 4 aromatic rings. The number of benzene rings is 2. The Morgan fingerprint density at radius 1 is 0.950 bits per heavy atom. The van der Waals surface area contributed by atoms with Gasteiger partial charge in [0.2, 0.25) is 0 Å². The smallest absolute Gasteiger partial charge is 0.385 e. The Bertz CT molecular complexity index is 1580. The zero-order valence-corrected chi connectivity index (χ0v) is 21.8. The Labute approximate surface area is 231 Å². The first-order valence-electron chi connectivity index (χ1n) is 11.4. The number of aromatic nitrogens is 5. The zero-order valence-electron chi connectivity index (χ0n) is 20.3. The number of aliphatic hydroxyl groups is 2. The normalized spacial score (nSPS) is 14.0. The lowest BCUT2D eigenvalue weighted by atomic mass is 10.1. The highest BCUT2D eigenvalue weighted by molar-refractivity contribution is 6.32. The van der Waals surface area contributed by atoms with E-state index in [9.17, 15) is 41.4 Å². The molecule has 0 aliphatic rings. The second-order valence-corrected chi connectivity index (χ2v) is 9.47. The molecule has 214 valence electrons. The summed E-state index contributed by atoms with van der Waals surface area (Å²) in [7, 11) is 0. The van der Waals surface area contributed by atoms with Crippen LogP contribution < -0.4 is 5.69 Å². The predicted octanol–water partition coefficient (Wildman–Crippen LogP) is 5.25. The lowest BCUT2D eigenvalue weighted by Crippen LogP contribution is -2.37. The molecule has 4 rings (SSSR count). The summed E-state index contributed by atoms with van der Waals surface area (Å²) < 4.78 is 82.6. The number of hydrogen-bond acceptors (Lipinski definition) is 5. The van der Waals surface area contributed by atoms with E-state index in [2.05, 4.69) is 10.1 Å². The van der Waals surface area contributed by atoms with Crippen LogP contribution >= 0.6 is 23.2 Å². The molecule has 2 atom stereocenters. The number of hydrogen-bond donors (Lipinski definition) is 2. The fraction of sp³-hybridized carbons (Fsp3) is 0.292. The van der Waals surface area contributed by atoms with Gasteiger partial charge in [-0.2, -0.15) is 26.3 Å². The number of alkyl halides is 6. The molecule has 0 bridgehead atoms. The van der Waals surface area contributed by atoms with Crippen LogP contribution in [0.5, 0.6) is 0 Å². The van der Waals surface area contributed by atoms with E-state index in [1.54, 1.807) is 0 Å². The summed E-state index contributed by atoms with van der Waals surface area (Å²) in [4.78, 5) is 17.3. The zero-order chi connectivity index (χ0) is 29.6. The third-order valence-electron chi connectivity index (χ3n) is 5.80. The van der Waals surface area contributed by atoms with Crippen molar-refractivity contribution in [2.45, 2.75) is 44.6 Å². The van der Waals surface area contributed by atoms with Crippen LogP contribution in [-0.2, 0) is 19.3 Å². The van der Waals surface area contributed by atoms with Gasteiger partial charge >= 0.3 is 18.0 Å². The Hall–Kier alpha value is -3.33. The van der Waals surface area contributed by atoms with E-state index in [1.807, 2.05) is 0 Å². The van der Waals surface area contributed by atoms with Gasteiger partial charge in [-0.1, -0.05) is 47.5 Å². The van der Waals surface area contributed by atoms with Gasteiger partial charge in [-0.05, 0) is 31.2 Å². The minimum Gasteiger partial charge on any atom is -0.385 e. The Morgan fingerprint density at radius 3 is 2.15 bits per heavy atom. The molecule has 2 N–H and O–H groups in total. The minimum atomic E-state index is -5.05. The molecule has 2 unspecified atom stereocenters. The van der Waals surface area contributed by atoms with Gasteiger partial charge in [0.05, 0.1) is 30.0 Å². The molecule has 0 saturated heterocycles. The molecule has 0 aliphatic carbocycles. The van der Waals surface area contributed by atoms with Crippen molar-refractivity contribution in [3.63, 3.8) is 0 Å². The van der Waals surface area contributed by atoms with E-state index in [4.69, 9.17) is 23.2 Å². The number of para-hydroxylation sites is 1. The molecule has 2 aromatic carbocycles. The summed E-state index contributed by atoms with van der Waals surface area (Å²) >= 11 is 12.3. The highest BCUT2D eigenvalue weighted by Crippen LogP contribution is 2.35. The van der Waals surface area contributed by atoms with Crippen molar-refractivity contribution >= 4 is 23.2 Å². The average Bonchev–Trinajstić information content (AvgIpc) is 3.39. The van der Waals surface area contributed by atoms with Crippen LogP contribution in [-0.4, -0.2) is 46.4 Å². The number of aliphatic hydroxyl groups excluding tert-OH is 2. The Balaban J connectivity index is 1.85. The highest BCUT2D eigenvalue weighted by atomic mass is 35.5. The fourth-order valence-electron chi connectivity index (χ4n) is 3.95. The van der Waals surface area contributed by atoms with E-state index in [1.165, 1.54) is 43.3 Å². The van der Waals surface area contributed by atoms with Crippen LogP contribution in [0.25, 0.3) is 16.9 Å². The van der Waals surface area contributed by atoms with Crippen LogP contribution in [0, 0.1) is 0 Å². The van der Waals surface area contributed by atoms with Crippen LogP contribution in [0.3, 0.4) is 0 Å². The molecule has 40 heavy (non-hydrogen) atoms. The average molecular weight is 610 g/mol. The van der Waals surface area contributed by atoms with Crippen LogP contribution in [0.15, 0.2) is 53.3 Å². The van der Waals surface area contributed by atoms with E-state index in [-0.39, 0.29) is 28.1 Å². The Kier molecular flexibility index (Phi) is 8.09. The van der Waals surface area contributed by atoms with Crippen LogP contribution in [0.4, 0.5) is 26.3 Å². The van der Waals surface area contributed by atoms with Gasteiger partial charge in [0, 0.05) is 10.6 Å². The standard InChI is InChI=1S/C24H19Cl2F6N5O3/c1-12(38)21-33-18(34-37(21)16-5-3-2-4-15(16)23(27,28)29)11-36-20(26)19(13-6-8-14(25)9-7-13)35(22(36)40)10-17(39)24(30,31)32/h2-9,12,17,38-39H,10-11H2,1H3. The van der Waals surface area contributed by atoms with E-state index in [0.717, 1.165) is 21.4 Å². The van der Waals surface area contributed by atoms with Crippen molar-refractivity contribution in [2.24, 2.45) is 0 Å². The van der Waals surface area contributed by atoms with E-state index in [0.29, 0.717) is 9.59 Å². The molecule has 8 nitrogen and oxygen atoms in total. The van der Waals surface area contributed by atoms with Crippen molar-refractivity contribution < 1.29 is 36.6 Å². The van der Waals surface area contributed by atoms with Gasteiger partial charge in [-0.25, -0.2) is 14.5 Å². The summed E-state index contributed by atoms with van der Waals surface area (Å²) in [5.41, 5.74) is -2.58. The van der Waals surface area contributed by atoms with E-state index >= 15 is 0 Å². The maximum Gasteiger partial charge on any atom is 0.418 e. The second kappa shape index (κ2) is 10.9. The largest absolute Gasteiger partial charge is 0.418 e. The van der Waals surface area contributed by atoms with Crippen molar-refractivity contribution in [3.05, 3.63) is 86.4 Å². The molecule has 0 saturated carbocycles. The molecule has 0 radical (unpaired) electrons. The summed E-state index contributed by atoms with van der Waals surface area (Å²) in [6.07, 6.45) is -14.1. The quantitative estimate of drug-likeness (QED) is 0.279. The van der Waals surface area contributed by atoms with Crippen LogP contribution in [0.1, 0.15) is 30.2 Å². The SMILES string of the molecule is CC(O)c1nc(Cn2c(Cl)c(-c3ccc(Cl)cc3)n(CC(O)C(F)(F)F)c2=O)nn1-c1ccccc1C(F)(F)F. The number of nitrogens with zero attached hydrogens (tertiary/aromatic N) is 5. The molecule has 0 amide bonds. The van der Waals surface area contributed by atoms with Gasteiger partial charge in [-0.15, -0.1) is 5.10 Å². The molecule has 2 heterocycles. The van der Waals surface area contributed by atoms with E-state index < -0.39 is 54.6 Å². The maximum atomic E-state index is 13.6. The lowest BCUT2D eigenvalue weighted by Gasteiger charge is -2.16. The summed E-state index contributed by atoms with van der Waals surface area (Å²) in [5.74, 6) is -0.561. The van der Waals surface area contributed by atoms with Crippen molar-refractivity contribution in [1.29, 1.82) is 0 Å². The van der Waals surface area contributed by atoms with Crippen molar-refractivity contribution in [3.8, 4) is 16.9 Å². The van der Waals surface area contributed by atoms with Gasteiger partial charge in [-0.3, -0.25) is 9.13 Å². The number of halogens is 8. The summed E-state index contributed by atoms with van der Waals surface area (Å²) in [5, 5.41) is 23.9. The molecule has 0 aliphatic heterocycles. The monoisotopic (exact) mass is 609 g/mol. The number of rotatable bonds is 7. The first-order chi connectivity index (χ1) is 18.6. The molecule has 16 heteroatoms. The van der Waals surface area contributed by atoms with Gasteiger partial charge in [0.25, 0.3) is 0 Å². The van der Waals surface area contributed by atoms with Gasteiger partial charge < -0.3 is 10.2 Å². The predicted molar refractivity (Wildman–Crippen MR) is 132 cm³/mol. The third kappa shape index (κ3) is 5.89. The van der Waals surface area contributed by atoms with Gasteiger partial charge in [0.1, 0.15) is 11.3 Å². The molecular weight excluding hydrogens is 591 g/mol. The number of imidazole rings is 1. The van der Waals surface area contributed by atoms with Crippen LogP contribution in [0.2, 0.25) is 10.2 Å². The van der Waals surface area contributed by atoms with Crippen molar-refractivity contribution in [2.75, 3.05) is 0 Å². The molecule has 2 aromatic heterocycles. The minimum absolute atomic E-state index is 0.177. The first kappa shape index (κ1) is 29.6. The molecular formula is C24H19Cl2F6N5O3.